The van der Waals surface area contributed by atoms with Crippen molar-refractivity contribution in [2.24, 2.45) is 7.05 Å². The molecule has 8 nitrogen and oxygen atoms in total. The number of fused-ring (bicyclic) bond motifs is 1. The number of benzene rings is 1. The lowest BCUT2D eigenvalue weighted by atomic mass is 9.87. The van der Waals surface area contributed by atoms with E-state index in [9.17, 15) is 9.59 Å². The number of carbonyl (C=O) groups excluding carboxylic acids is 2. The zero-order chi connectivity index (χ0) is 27.4. The van der Waals surface area contributed by atoms with Crippen LogP contribution in [0.1, 0.15) is 85.2 Å². The maximum atomic E-state index is 12.9. The molecule has 0 bridgehead atoms. The number of aryl methyl sites for hydroxylation is 1. The van der Waals surface area contributed by atoms with Crippen molar-refractivity contribution in [3.05, 3.63) is 51.7 Å². The Morgan fingerprint density at radius 2 is 1.84 bits per heavy atom. The second-order valence-electron chi connectivity index (χ2n) is 10.5. The molecule has 1 amide bonds. The van der Waals surface area contributed by atoms with Crippen LogP contribution in [0.3, 0.4) is 0 Å². The molecule has 1 unspecified atom stereocenters. The van der Waals surface area contributed by atoms with Gasteiger partial charge in [0.1, 0.15) is 10.8 Å². The van der Waals surface area contributed by atoms with Crippen molar-refractivity contribution in [1.29, 1.82) is 0 Å². The largest absolute Gasteiger partial charge is 0.483 e. The number of ether oxygens (including phenoxy) is 2. The quantitative estimate of drug-likeness (QED) is 0.203. The van der Waals surface area contributed by atoms with Crippen LogP contribution in [0.4, 0.5) is 5.00 Å². The first-order valence-electron chi connectivity index (χ1n) is 12.9. The lowest BCUT2D eigenvalue weighted by Crippen LogP contribution is -2.17. The predicted octanol–water partition coefficient (Wildman–Crippen LogP) is 6.10. The molecule has 0 radical (unpaired) electrons. The molecule has 1 aromatic carbocycles. The lowest BCUT2D eigenvalue weighted by molar-refractivity contribution is -0.113. The van der Waals surface area contributed by atoms with E-state index in [1.807, 2.05) is 30.7 Å². The molecular weight excluding hydrogens is 520 g/mol. The molecule has 38 heavy (non-hydrogen) atoms. The van der Waals surface area contributed by atoms with Crippen LogP contribution >= 0.6 is 23.1 Å². The summed E-state index contributed by atoms with van der Waals surface area (Å²) in [7, 11) is 3.24. The third-order valence-electron chi connectivity index (χ3n) is 6.66. The van der Waals surface area contributed by atoms with Gasteiger partial charge in [-0.15, -0.1) is 21.5 Å². The number of carbonyl (C=O) groups is 2. The van der Waals surface area contributed by atoms with E-state index in [1.165, 1.54) is 40.6 Å². The number of aromatic nitrogens is 3. The fourth-order valence-electron chi connectivity index (χ4n) is 4.54. The van der Waals surface area contributed by atoms with E-state index >= 15 is 0 Å². The summed E-state index contributed by atoms with van der Waals surface area (Å²) in [5, 5.41) is 12.7. The summed E-state index contributed by atoms with van der Waals surface area (Å²) in [6.07, 6.45) is 4.72. The van der Waals surface area contributed by atoms with Crippen LogP contribution in [-0.2, 0) is 34.8 Å². The van der Waals surface area contributed by atoms with E-state index in [-0.39, 0.29) is 23.2 Å². The Bertz CT molecular complexity index is 1290. The van der Waals surface area contributed by atoms with Gasteiger partial charge in [-0.2, -0.15) is 0 Å². The number of anilines is 1. The molecule has 0 saturated heterocycles. The van der Waals surface area contributed by atoms with Crippen LogP contribution in [0.25, 0.3) is 0 Å². The summed E-state index contributed by atoms with van der Waals surface area (Å²) < 4.78 is 13.0. The van der Waals surface area contributed by atoms with Crippen molar-refractivity contribution < 1.29 is 19.1 Å². The van der Waals surface area contributed by atoms with E-state index < -0.39 is 5.97 Å². The number of nitrogens with zero attached hydrogens (tertiary/aromatic N) is 3. The fraction of sp³-hybridized carbons (Fsp3) is 0.500. The predicted molar refractivity (Wildman–Crippen MR) is 151 cm³/mol. The van der Waals surface area contributed by atoms with Crippen molar-refractivity contribution in [3.63, 3.8) is 0 Å². The Balaban J connectivity index is 1.38. The maximum Gasteiger partial charge on any atom is 0.341 e. The molecule has 0 saturated carbocycles. The van der Waals surface area contributed by atoms with Crippen LogP contribution < -0.4 is 10.1 Å². The number of methoxy groups -OCH3 is 1. The summed E-state index contributed by atoms with van der Waals surface area (Å²) in [6.45, 7) is 8.46. The van der Waals surface area contributed by atoms with Gasteiger partial charge in [0.25, 0.3) is 0 Å². The molecule has 204 valence electrons. The van der Waals surface area contributed by atoms with Crippen LogP contribution in [0, 0.1) is 0 Å². The number of thioether (sulfide) groups is 1. The standard InChI is InChI=1S/C28H36N4O4S2/c1-17(36-19-14-12-18(13-15-19)28(2,3)4)24-30-31-27(32(24)5)37-16-22(33)29-25-23(26(34)35-6)20-10-8-7-9-11-21(20)38-25/h12-15,17H,7-11,16H2,1-6H3,(H,29,33). The van der Waals surface area contributed by atoms with Gasteiger partial charge in [-0.1, -0.05) is 51.1 Å². The SMILES string of the molecule is COC(=O)c1c(NC(=O)CSc2nnc(C(C)Oc3ccc(C(C)(C)C)cc3)n2C)sc2c1CCCCC2. The molecule has 4 rings (SSSR count). The third-order valence-corrected chi connectivity index (χ3v) is 8.89. The normalized spacial score (nSPS) is 14.4. The minimum Gasteiger partial charge on any atom is -0.483 e. The second kappa shape index (κ2) is 11.9. The number of nitrogens with one attached hydrogen (secondary N) is 1. The molecule has 10 heteroatoms. The summed E-state index contributed by atoms with van der Waals surface area (Å²) >= 11 is 2.78. The van der Waals surface area contributed by atoms with Crippen LogP contribution in [0.5, 0.6) is 5.75 Å². The van der Waals surface area contributed by atoms with Gasteiger partial charge >= 0.3 is 5.97 Å². The smallest absolute Gasteiger partial charge is 0.341 e. The monoisotopic (exact) mass is 556 g/mol. The van der Waals surface area contributed by atoms with Gasteiger partial charge in [0.2, 0.25) is 5.91 Å². The molecule has 0 spiro atoms. The number of hydrogen-bond acceptors (Lipinski definition) is 8. The fourth-order valence-corrected chi connectivity index (χ4v) is 6.55. The van der Waals surface area contributed by atoms with Gasteiger partial charge < -0.3 is 19.4 Å². The van der Waals surface area contributed by atoms with Gasteiger partial charge in [0, 0.05) is 11.9 Å². The van der Waals surface area contributed by atoms with Crippen LogP contribution in [0.2, 0.25) is 0 Å². The first-order valence-corrected chi connectivity index (χ1v) is 14.7. The molecule has 1 aliphatic carbocycles. The van der Waals surface area contributed by atoms with E-state index in [4.69, 9.17) is 9.47 Å². The summed E-state index contributed by atoms with van der Waals surface area (Å²) in [6, 6.07) is 8.10. The van der Waals surface area contributed by atoms with Gasteiger partial charge in [-0.05, 0) is 61.3 Å². The Labute approximate surface area is 232 Å². The van der Waals surface area contributed by atoms with Crippen molar-refractivity contribution in [1.82, 2.24) is 14.8 Å². The van der Waals surface area contributed by atoms with Gasteiger partial charge in [-0.3, -0.25) is 4.79 Å². The van der Waals surface area contributed by atoms with Gasteiger partial charge in [0.15, 0.2) is 17.1 Å². The van der Waals surface area contributed by atoms with Gasteiger partial charge in [0.05, 0.1) is 18.4 Å². The summed E-state index contributed by atoms with van der Waals surface area (Å²) in [4.78, 5) is 26.6. The number of amides is 1. The van der Waals surface area contributed by atoms with Crippen LogP contribution in [-0.4, -0.2) is 39.5 Å². The molecule has 2 heterocycles. The molecule has 3 aromatic rings. The Kier molecular flexibility index (Phi) is 8.82. The Morgan fingerprint density at radius 3 is 2.53 bits per heavy atom. The molecule has 1 aliphatic rings. The van der Waals surface area contributed by atoms with Gasteiger partial charge in [-0.25, -0.2) is 4.79 Å². The number of hydrogen-bond donors (Lipinski definition) is 1. The Hall–Kier alpha value is -2.85. The first-order chi connectivity index (χ1) is 18.1. The molecule has 0 aliphatic heterocycles. The van der Waals surface area contributed by atoms with Crippen molar-refractivity contribution in [3.8, 4) is 5.75 Å². The summed E-state index contributed by atoms with van der Waals surface area (Å²) in [5.74, 6) is 0.968. The van der Waals surface area contributed by atoms with Crippen molar-refractivity contribution >= 4 is 40.0 Å². The second-order valence-corrected chi connectivity index (χ2v) is 12.6. The Morgan fingerprint density at radius 1 is 1.13 bits per heavy atom. The highest BCUT2D eigenvalue weighted by Crippen LogP contribution is 2.38. The number of esters is 1. The van der Waals surface area contributed by atoms with Crippen molar-refractivity contribution in [2.75, 3.05) is 18.2 Å². The minimum atomic E-state index is -0.396. The maximum absolute atomic E-state index is 12.9. The molecule has 1 N–H and O–H groups in total. The van der Waals surface area contributed by atoms with E-state index in [0.717, 1.165) is 43.4 Å². The molecule has 0 fully saturated rings. The zero-order valence-corrected chi connectivity index (χ0v) is 24.6. The number of thiophene rings is 1. The lowest BCUT2D eigenvalue weighted by Gasteiger charge is -2.20. The minimum absolute atomic E-state index is 0.0786. The highest BCUT2D eigenvalue weighted by atomic mass is 32.2. The average molecular weight is 557 g/mol. The van der Waals surface area contributed by atoms with E-state index in [0.29, 0.717) is 21.5 Å². The highest BCUT2D eigenvalue weighted by molar-refractivity contribution is 7.99. The van der Waals surface area contributed by atoms with E-state index in [1.54, 1.807) is 0 Å². The molecule has 1 atom stereocenters. The zero-order valence-electron chi connectivity index (χ0n) is 22.9. The molecular formula is C28H36N4O4S2. The highest BCUT2D eigenvalue weighted by Gasteiger charge is 2.26. The third kappa shape index (κ3) is 6.40. The topological polar surface area (TPSA) is 95.3 Å². The molecule has 2 aromatic heterocycles. The average Bonchev–Trinajstić information content (AvgIpc) is 3.32. The first kappa shape index (κ1) is 28.2. The van der Waals surface area contributed by atoms with E-state index in [2.05, 4.69) is 48.4 Å². The van der Waals surface area contributed by atoms with Crippen LogP contribution in [0.15, 0.2) is 29.4 Å². The number of rotatable bonds is 8. The summed E-state index contributed by atoms with van der Waals surface area (Å²) in [5.41, 5.74) is 2.86. The van der Waals surface area contributed by atoms with Crippen molar-refractivity contribution in [2.45, 2.75) is 76.5 Å².